The fourth-order valence-corrected chi connectivity index (χ4v) is 0.677. The summed E-state index contributed by atoms with van der Waals surface area (Å²) in [6, 6.07) is 0. The van der Waals surface area contributed by atoms with Gasteiger partial charge in [-0.25, -0.2) is 0 Å². The van der Waals surface area contributed by atoms with Gasteiger partial charge in [-0.15, -0.1) is 9.42 Å². The molecule has 62 valence electrons. The van der Waals surface area contributed by atoms with E-state index in [-0.39, 0.29) is 18.8 Å². The Hall–Kier alpha value is -0.570. The zero-order valence-electron chi connectivity index (χ0n) is 6.24. The van der Waals surface area contributed by atoms with Crippen molar-refractivity contribution in [3.63, 3.8) is 0 Å². The summed E-state index contributed by atoms with van der Waals surface area (Å²) in [5.74, 6) is -0.151. The highest BCUT2D eigenvalue weighted by Gasteiger charge is 2.12. The molecule has 0 radical (unpaired) electrons. The molecule has 0 aromatic carbocycles. The third kappa shape index (κ3) is 5.85. The minimum absolute atomic E-state index is 0.0304. The van der Waals surface area contributed by atoms with Crippen LogP contribution in [0, 0.1) is 0 Å². The molecule has 4 nitrogen and oxygen atoms in total. The van der Waals surface area contributed by atoms with Crippen molar-refractivity contribution in [2.75, 3.05) is 6.61 Å². The van der Waals surface area contributed by atoms with Gasteiger partial charge >= 0.3 is 8.25 Å². The molecular weight excluding hydrogens is 167 g/mol. The van der Waals surface area contributed by atoms with E-state index >= 15 is 0 Å². The van der Waals surface area contributed by atoms with Crippen molar-refractivity contribution >= 4 is 14.0 Å². The highest BCUT2D eigenvalue weighted by Crippen LogP contribution is 2.14. The lowest BCUT2D eigenvalue weighted by atomic mass is 10.2. The molecule has 0 saturated carbocycles. The number of Topliss-reactive ketones (excluding diaryl/α,β-unsaturated/α-hetero) is 1. The largest absolute Gasteiger partial charge is 0.694 e. The smallest absolute Gasteiger partial charge is 0.294 e. The second-order valence-electron chi connectivity index (χ2n) is 2.02. The molecule has 0 aliphatic carbocycles. The predicted molar refractivity (Wildman–Crippen MR) is 40.2 cm³/mol. The Morgan fingerprint density at radius 2 is 2.27 bits per heavy atom. The van der Waals surface area contributed by atoms with E-state index in [9.17, 15) is 9.36 Å². The van der Waals surface area contributed by atoms with Crippen LogP contribution in [0.25, 0.3) is 0 Å². The maximum Gasteiger partial charge on any atom is 0.694 e. The number of hydrogen-bond acceptors (Lipinski definition) is 3. The zero-order valence-corrected chi connectivity index (χ0v) is 7.13. The van der Waals surface area contributed by atoms with Gasteiger partial charge in [-0.2, -0.15) is 0 Å². The average Bonchev–Trinajstić information content (AvgIpc) is 1.86. The molecule has 0 aromatic rings. The molecule has 5 heteroatoms. The number of rotatable bonds is 5. The fraction of sp³-hybridized carbons (Fsp3) is 0.500. The van der Waals surface area contributed by atoms with Crippen LogP contribution in [0.4, 0.5) is 0 Å². The first-order valence-corrected chi connectivity index (χ1v) is 4.15. The highest BCUT2D eigenvalue weighted by molar-refractivity contribution is 7.32. The van der Waals surface area contributed by atoms with E-state index in [1.807, 2.05) is 0 Å². The molecule has 0 heterocycles. The molecule has 0 aromatic heterocycles. The quantitative estimate of drug-likeness (QED) is 0.506. The van der Waals surface area contributed by atoms with Crippen molar-refractivity contribution in [1.82, 2.24) is 0 Å². The minimum atomic E-state index is -2.58. The van der Waals surface area contributed by atoms with Gasteiger partial charge in [0.15, 0.2) is 5.78 Å². The van der Waals surface area contributed by atoms with E-state index in [0.29, 0.717) is 5.57 Å². The van der Waals surface area contributed by atoms with Crippen molar-refractivity contribution in [3.05, 3.63) is 12.2 Å². The Morgan fingerprint density at radius 1 is 1.73 bits per heavy atom. The fourth-order valence-electron chi connectivity index (χ4n) is 0.430. The topological polar surface area (TPSA) is 63.6 Å². The molecule has 0 aliphatic rings. The van der Waals surface area contributed by atoms with E-state index in [1.165, 1.54) is 0 Å². The van der Waals surface area contributed by atoms with Crippen LogP contribution in [-0.2, 0) is 13.9 Å². The summed E-state index contributed by atoms with van der Waals surface area (Å²) in [4.78, 5) is 18.9. The molecule has 0 rings (SSSR count). The van der Waals surface area contributed by atoms with Gasteiger partial charge in [0.05, 0.1) is 0 Å². The van der Waals surface area contributed by atoms with Crippen LogP contribution >= 0.6 is 8.25 Å². The van der Waals surface area contributed by atoms with Crippen LogP contribution in [0.1, 0.15) is 13.3 Å². The monoisotopic (exact) mass is 177 g/mol. The number of carbonyl (C=O) groups excluding carboxylic acids is 1. The van der Waals surface area contributed by atoms with Crippen LogP contribution in [0.15, 0.2) is 12.2 Å². The highest BCUT2D eigenvalue weighted by atomic mass is 31.1. The summed E-state index contributed by atoms with van der Waals surface area (Å²) in [5.41, 5.74) is 0.432. The van der Waals surface area contributed by atoms with E-state index in [2.05, 4.69) is 11.1 Å². The van der Waals surface area contributed by atoms with E-state index < -0.39 is 8.25 Å². The number of ketones is 1. The second kappa shape index (κ2) is 5.13. The second-order valence-corrected chi connectivity index (χ2v) is 2.76. The molecule has 0 aliphatic heterocycles. The number of allylic oxidation sites excluding steroid dienone is 1. The van der Waals surface area contributed by atoms with E-state index in [4.69, 9.17) is 4.89 Å². The summed E-state index contributed by atoms with van der Waals surface area (Å²) in [6.45, 7) is 4.97. The summed E-state index contributed by atoms with van der Waals surface area (Å²) >= 11 is 0. The minimum Gasteiger partial charge on any atom is -0.294 e. The van der Waals surface area contributed by atoms with Crippen LogP contribution in [0.5, 0.6) is 0 Å². The molecule has 0 amide bonds. The molecule has 0 fully saturated rings. The number of carbonyl (C=O) groups is 1. The van der Waals surface area contributed by atoms with Gasteiger partial charge < -0.3 is 0 Å². The SMILES string of the molecule is C=C(C)C(=O)CCO[P+](=O)O. The summed E-state index contributed by atoms with van der Waals surface area (Å²) in [7, 11) is -2.58. The summed E-state index contributed by atoms with van der Waals surface area (Å²) in [5, 5.41) is 0. The molecule has 1 atom stereocenters. The first-order chi connectivity index (χ1) is 5.04. The number of hydrogen-bond donors (Lipinski definition) is 1. The van der Waals surface area contributed by atoms with Gasteiger partial charge in [0.1, 0.15) is 6.61 Å². The van der Waals surface area contributed by atoms with Gasteiger partial charge in [0.25, 0.3) is 0 Å². The van der Waals surface area contributed by atoms with Gasteiger partial charge in [0.2, 0.25) is 0 Å². The molecule has 0 saturated heterocycles. The molecule has 0 bridgehead atoms. The van der Waals surface area contributed by atoms with Crippen molar-refractivity contribution in [2.45, 2.75) is 13.3 Å². The van der Waals surface area contributed by atoms with Gasteiger partial charge in [-0.05, 0) is 12.5 Å². The third-order valence-corrected chi connectivity index (χ3v) is 1.41. The lowest BCUT2D eigenvalue weighted by molar-refractivity contribution is -0.115. The van der Waals surface area contributed by atoms with Crippen LogP contribution < -0.4 is 0 Å². The maximum absolute atomic E-state index is 10.8. The average molecular weight is 177 g/mol. The Labute approximate surface area is 65.8 Å². The third-order valence-electron chi connectivity index (χ3n) is 1.01. The Balaban J connectivity index is 3.47. The zero-order chi connectivity index (χ0) is 8.85. The molecule has 1 unspecified atom stereocenters. The normalized spacial score (nSPS) is 10.9. The van der Waals surface area contributed by atoms with Crippen molar-refractivity contribution in [2.24, 2.45) is 0 Å². The maximum atomic E-state index is 10.8. The summed E-state index contributed by atoms with van der Waals surface area (Å²) < 4.78 is 14.2. The predicted octanol–water partition coefficient (Wildman–Crippen LogP) is 1.19. The van der Waals surface area contributed by atoms with Crippen LogP contribution in [-0.4, -0.2) is 17.3 Å². The standard InChI is InChI=1S/C6H9O4P/c1-5(2)6(7)3-4-10-11(8)9/h1,3-4H2,2H3/p+1. The van der Waals surface area contributed by atoms with Crippen molar-refractivity contribution in [3.8, 4) is 0 Å². The van der Waals surface area contributed by atoms with Crippen LogP contribution in [0.3, 0.4) is 0 Å². The van der Waals surface area contributed by atoms with E-state index in [0.717, 1.165) is 0 Å². The Morgan fingerprint density at radius 3 is 2.64 bits per heavy atom. The Bertz CT molecular complexity index is 187. The molecule has 0 spiro atoms. The first kappa shape index (κ1) is 10.4. The van der Waals surface area contributed by atoms with E-state index in [1.54, 1.807) is 6.92 Å². The van der Waals surface area contributed by atoms with Gasteiger partial charge in [-0.1, -0.05) is 6.58 Å². The summed E-state index contributed by atoms with van der Waals surface area (Å²) in [6.07, 6.45) is 0.108. The van der Waals surface area contributed by atoms with Crippen LogP contribution in [0.2, 0.25) is 0 Å². The lowest BCUT2D eigenvalue weighted by Crippen LogP contribution is -2.01. The lowest BCUT2D eigenvalue weighted by Gasteiger charge is -1.92. The molecule has 1 N–H and O–H groups in total. The van der Waals surface area contributed by atoms with Crippen molar-refractivity contribution in [1.29, 1.82) is 0 Å². The molecule has 11 heavy (non-hydrogen) atoms. The van der Waals surface area contributed by atoms with Gasteiger partial charge in [-0.3, -0.25) is 4.79 Å². The van der Waals surface area contributed by atoms with Crippen molar-refractivity contribution < 1.29 is 18.8 Å². The first-order valence-electron chi connectivity index (χ1n) is 3.02. The van der Waals surface area contributed by atoms with Gasteiger partial charge in [0, 0.05) is 11.0 Å². The Kier molecular flexibility index (Phi) is 4.86. The molecular formula is C6H10O4P+.